The molecule has 0 amide bonds. The van der Waals surface area contributed by atoms with Gasteiger partial charge < -0.3 is 4.98 Å². The Balaban J connectivity index is 1.57. The minimum absolute atomic E-state index is 0.170. The number of hydrogen-bond donors (Lipinski definition) is 1. The van der Waals surface area contributed by atoms with Crippen molar-refractivity contribution in [2.75, 3.05) is 19.3 Å². The highest BCUT2D eigenvalue weighted by Gasteiger charge is 2.28. The van der Waals surface area contributed by atoms with E-state index in [1.54, 1.807) is 39.8 Å². The Kier molecular flexibility index (Phi) is 4.38. The zero-order chi connectivity index (χ0) is 21.8. The molecule has 0 radical (unpaired) electrons. The van der Waals surface area contributed by atoms with Gasteiger partial charge in [0.2, 0.25) is 10.0 Å². The lowest BCUT2D eigenvalue weighted by Crippen LogP contribution is -2.39. The Morgan fingerprint density at radius 3 is 2.74 bits per heavy atom. The summed E-state index contributed by atoms with van der Waals surface area (Å²) >= 11 is 0. The van der Waals surface area contributed by atoms with Gasteiger partial charge in [0.15, 0.2) is 11.5 Å². The number of nitriles is 1. The molecule has 0 saturated carbocycles. The van der Waals surface area contributed by atoms with Crippen LogP contribution in [0.2, 0.25) is 0 Å². The lowest BCUT2D eigenvalue weighted by molar-refractivity contribution is 0.275. The molecule has 4 aromatic rings. The molecule has 0 aliphatic carbocycles. The summed E-state index contributed by atoms with van der Waals surface area (Å²) in [6.45, 7) is 0.705. The van der Waals surface area contributed by atoms with E-state index in [-0.39, 0.29) is 11.7 Å². The number of fused-ring (bicyclic) bond motifs is 2. The van der Waals surface area contributed by atoms with Crippen molar-refractivity contribution < 1.29 is 8.42 Å². The number of nitrogens with one attached hydrogen (secondary N) is 1. The zero-order valence-electron chi connectivity index (χ0n) is 16.6. The normalized spacial score (nSPS) is 16.1. The average Bonchev–Trinajstić information content (AvgIpc) is 3.32. The number of rotatable bonds is 3. The van der Waals surface area contributed by atoms with E-state index in [1.165, 1.54) is 10.6 Å². The topological polar surface area (TPSA) is 142 Å². The van der Waals surface area contributed by atoms with E-state index >= 15 is 0 Å². The molecule has 31 heavy (non-hydrogen) atoms. The molecule has 1 N–H and O–H groups in total. The van der Waals surface area contributed by atoms with Crippen LogP contribution >= 0.6 is 0 Å². The first-order valence-electron chi connectivity index (χ1n) is 9.65. The van der Waals surface area contributed by atoms with E-state index in [2.05, 4.69) is 26.1 Å². The second-order valence-corrected chi connectivity index (χ2v) is 9.52. The Morgan fingerprint density at radius 2 is 2.03 bits per heavy atom. The van der Waals surface area contributed by atoms with E-state index in [1.807, 2.05) is 0 Å². The van der Waals surface area contributed by atoms with Crippen molar-refractivity contribution >= 4 is 26.7 Å². The molecule has 1 saturated heterocycles. The number of sulfonamides is 1. The summed E-state index contributed by atoms with van der Waals surface area (Å²) in [6, 6.07) is 5.31. The van der Waals surface area contributed by atoms with Crippen LogP contribution < -0.4 is 5.69 Å². The van der Waals surface area contributed by atoms with Crippen LogP contribution in [0.15, 0.2) is 35.5 Å². The predicted octanol–water partition coefficient (Wildman–Crippen LogP) is 0.902. The maximum atomic E-state index is 12.7. The first-order chi connectivity index (χ1) is 14.8. The molecule has 0 atom stereocenters. The van der Waals surface area contributed by atoms with Crippen LogP contribution in [0, 0.1) is 11.3 Å². The number of nitrogens with zero attached hydrogens (tertiary/aromatic N) is 7. The van der Waals surface area contributed by atoms with Crippen LogP contribution in [0.4, 0.5) is 0 Å². The Hall–Kier alpha value is -3.56. The fourth-order valence-electron chi connectivity index (χ4n) is 4.04. The SMILES string of the molecule is CS(=O)(=O)N1CCC(n2c(=O)[nH]c3cnc(-c4cnn5ccc(C#N)cc45)nc32)CC1. The van der Waals surface area contributed by atoms with E-state index < -0.39 is 10.0 Å². The van der Waals surface area contributed by atoms with E-state index in [0.29, 0.717) is 59.6 Å². The molecule has 0 unspecified atom stereocenters. The largest absolute Gasteiger partial charge is 0.327 e. The van der Waals surface area contributed by atoms with Gasteiger partial charge in [0.1, 0.15) is 5.52 Å². The van der Waals surface area contributed by atoms with Gasteiger partial charge in [-0.1, -0.05) is 0 Å². The monoisotopic (exact) mass is 438 g/mol. The minimum Gasteiger partial charge on any atom is -0.303 e. The van der Waals surface area contributed by atoms with Gasteiger partial charge in [0.05, 0.1) is 41.4 Å². The summed E-state index contributed by atoms with van der Waals surface area (Å²) in [5, 5.41) is 13.5. The lowest BCUT2D eigenvalue weighted by atomic mass is 10.1. The van der Waals surface area contributed by atoms with Crippen LogP contribution in [0.1, 0.15) is 24.4 Å². The highest BCUT2D eigenvalue weighted by molar-refractivity contribution is 7.88. The molecule has 1 fully saturated rings. The molecule has 5 heterocycles. The van der Waals surface area contributed by atoms with Crippen molar-refractivity contribution in [3.05, 3.63) is 46.8 Å². The second kappa shape index (κ2) is 7.00. The summed E-state index contributed by atoms with van der Waals surface area (Å²) in [7, 11) is -3.25. The van der Waals surface area contributed by atoms with Crippen LogP contribution in [-0.4, -0.2) is 61.2 Å². The quantitative estimate of drug-likeness (QED) is 0.501. The number of pyridine rings is 1. The standard InChI is InChI=1S/C19H18N8O3S/c1-31(29,30)25-5-3-13(4-6-25)27-18-15(23-19(27)28)11-21-17(24-18)14-10-22-26-7-2-12(9-20)8-16(14)26/h2,7-8,10-11,13H,3-6H2,1H3,(H,23,28). The van der Waals surface area contributed by atoms with Crippen molar-refractivity contribution in [1.29, 1.82) is 5.26 Å². The summed E-state index contributed by atoms with van der Waals surface area (Å²) in [5.41, 5.74) is 2.49. The van der Waals surface area contributed by atoms with Crippen LogP contribution in [0.5, 0.6) is 0 Å². The third-order valence-corrected chi connectivity index (χ3v) is 6.91. The summed E-state index contributed by atoms with van der Waals surface area (Å²) in [6.07, 6.45) is 7.09. The molecule has 158 valence electrons. The number of hydrogen-bond acceptors (Lipinski definition) is 7. The minimum atomic E-state index is -3.25. The van der Waals surface area contributed by atoms with Crippen molar-refractivity contribution in [2.45, 2.75) is 18.9 Å². The van der Waals surface area contributed by atoms with E-state index in [4.69, 9.17) is 0 Å². The van der Waals surface area contributed by atoms with Gasteiger partial charge in [-0.25, -0.2) is 32.0 Å². The second-order valence-electron chi connectivity index (χ2n) is 7.54. The van der Waals surface area contributed by atoms with Crippen LogP contribution in [-0.2, 0) is 10.0 Å². The number of imidazole rings is 1. The number of aromatic amines is 1. The maximum absolute atomic E-state index is 12.7. The molecule has 12 heteroatoms. The lowest BCUT2D eigenvalue weighted by Gasteiger charge is -2.30. The molecule has 0 aromatic carbocycles. The molecular weight excluding hydrogens is 420 g/mol. The maximum Gasteiger partial charge on any atom is 0.327 e. The fourth-order valence-corrected chi connectivity index (χ4v) is 4.91. The van der Waals surface area contributed by atoms with Gasteiger partial charge in [-0.05, 0) is 25.0 Å². The van der Waals surface area contributed by atoms with Gasteiger partial charge >= 0.3 is 5.69 Å². The van der Waals surface area contributed by atoms with E-state index in [0.717, 1.165) is 0 Å². The molecule has 4 aromatic heterocycles. The van der Waals surface area contributed by atoms with Gasteiger partial charge in [-0.3, -0.25) is 4.57 Å². The Bertz CT molecular complexity index is 1520. The van der Waals surface area contributed by atoms with Gasteiger partial charge in [-0.2, -0.15) is 10.4 Å². The number of aromatic nitrogens is 6. The van der Waals surface area contributed by atoms with Crippen molar-refractivity contribution in [3.8, 4) is 17.5 Å². The molecule has 5 rings (SSSR count). The smallest absolute Gasteiger partial charge is 0.303 e. The number of H-pyrrole nitrogens is 1. The number of piperidine rings is 1. The molecule has 0 bridgehead atoms. The first-order valence-corrected chi connectivity index (χ1v) is 11.5. The predicted molar refractivity (Wildman–Crippen MR) is 112 cm³/mol. The van der Waals surface area contributed by atoms with Crippen molar-refractivity contribution in [3.63, 3.8) is 0 Å². The first kappa shape index (κ1) is 19.4. The van der Waals surface area contributed by atoms with Crippen molar-refractivity contribution in [2.24, 2.45) is 0 Å². The molecular formula is C19H18N8O3S. The molecule has 11 nitrogen and oxygen atoms in total. The average molecular weight is 438 g/mol. The van der Waals surface area contributed by atoms with Gasteiger partial charge in [0, 0.05) is 25.3 Å². The molecule has 0 spiro atoms. The van der Waals surface area contributed by atoms with Gasteiger partial charge in [-0.15, -0.1) is 0 Å². The molecule has 1 aliphatic rings. The van der Waals surface area contributed by atoms with Gasteiger partial charge in [0.25, 0.3) is 0 Å². The van der Waals surface area contributed by atoms with Crippen LogP contribution in [0.3, 0.4) is 0 Å². The molecule has 1 aliphatic heterocycles. The zero-order valence-corrected chi connectivity index (χ0v) is 17.4. The Labute approximate surface area is 176 Å². The van der Waals surface area contributed by atoms with Crippen molar-refractivity contribution in [1.82, 2.24) is 33.4 Å². The van der Waals surface area contributed by atoms with Crippen LogP contribution in [0.25, 0.3) is 28.1 Å². The summed E-state index contributed by atoms with van der Waals surface area (Å²) in [5.74, 6) is 0.388. The highest BCUT2D eigenvalue weighted by atomic mass is 32.2. The Morgan fingerprint density at radius 1 is 1.26 bits per heavy atom. The third kappa shape index (κ3) is 3.28. The summed E-state index contributed by atoms with van der Waals surface area (Å²) < 4.78 is 28.2. The summed E-state index contributed by atoms with van der Waals surface area (Å²) in [4.78, 5) is 24.5. The highest BCUT2D eigenvalue weighted by Crippen LogP contribution is 2.27. The van der Waals surface area contributed by atoms with E-state index in [9.17, 15) is 18.5 Å². The fraction of sp³-hybridized carbons (Fsp3) is 0.316. The third-order valence-electron chi connectivity index (χ3n) is 5.61.